The van der Waals surface area contributed by atoms with Gasteiger partial charge in [-0.25, -0.2) is 27.5 Å². The van der Waals surface area contributed by atoms with Gasteiger partial charge in [-0.1, -0.05) is 0 Å². The lowest BCUT2D eigenvalue weighted by atomic mass is 10.2. The number of tetrazole rings is 1. The highest BCUT2D eigenvalue weighted by Crippen LogP contribution is 2.22. The van der Waals surface area contributed by atoms with Crippen molar-refractivity contribution in [2.24, 2.45) is 0 Å². The number of halogens is 1. The predicted molar refractivity (Wildman–Crippen MR) is 108 cm³/mol. The molecule has 0 amide bonds. The normalized spacial score (nSPS) is 14.5. The molecule has 3 aromatic rings. The minimum Gasteiger partial charge on any atom is -0.378 e. The first-order valence-electron chi connectivity index (χ1n) is 9.44. The summed E-state index contributed by atoms with van der Waals surface area (Å²) in [6.45, 7) is 3.17. The zero-order chi connectivity index (χ0) is 21.7. The molecule has 4 rings (SSSR count). The van der Waals surface area contributed by atoms with E-state index < -0.39 is 15.8 Å². The Kier molecular flexibility index (Phi) is 6.29. The SMILES string of the molecule is O=S(=O)(NCCNc1cc(N2CCOCC2)ncn1)c1ccc(F)c(-c2nn[nH]n2)c1. The van der Waals surface area contributed by atoms with Crippen LogP contribution in [0, 0.1) is 5.82 Å². The maximum Gasteiger partial charge on any atom is 0.240 e. The number of aromatic amines is 1. The maximum absolute atomic E-state index is 14.0. The van der Waals surface area contributed by atoms with Crippen LogP contribution < -0.4 is 14.9 Å². The van der Waals surface area contributed by atoms with E-state index in [1.54, 1.807) is 6.07 Å². The van der Waals surface area contributed by atoms with E-state index in [-0.39, 0.29) is 29.4 Å². The number of ether oxygens (including phenoxy) is 1. The van der Waals surface area contributed by atoms with Gasteiger partial charge in [0.05, 0.1) is 23.7 Å². The van der Waals surface area contributed by atoms with Gasteiger partial charge in [0, 0.05) is 32.2 Å². The molecule has 14 heteroatoms. The minimum absolute atomic E-state index is 0.0314. The second-order valence-corrected chi connectivity index (χ2v) is 8.33. The standard InChI is InChI=1S/C17H20FN9O3S/c18-14-2-1-12(9-13(14)17-23-25-26-24-17)31(28,29)22-4-3-19-15-10-16(21-11-20-15)27-5-7-30-8-6-27/h1-2,9-11,22H,3-8H2,(H,19,20,21)(H,23,24,25,26). The minimum atomic E-state index is -3.87. The molecule has 12 nitrogen and oxygen atoms in total. The van der Waals surface area contributed by atoms with E-state index in [2.05, 4.69) is 45.5 Å². The number of nitrogens with zero attached hydrogens (tertiary/aromatic N) is 6. The maximum atomic E-state index is 14.0. The fourth-order valence-electron chi connectivity index (χ4n) is 2.99. The van der Waals surface area contributed by atoms with Crippen LogP contribution in [0.1, 0.15) is 0 Å². The Labute approximate surface area is 177 Å². The van der Waals surface area contributed by atoms with E-state index in [1.807, 2.05) is 0 Å². The Morgan fingerprint density at radius 1 is 1.16 bits per heavy atom. The number of sulfonamides is 1. The molecule has 31 heavy (non-hydrogen) atoms. The van der Waals surface area contributed by atoms with Gasteiger partial charge in [0.2, 0.25) is 15.8 Å². The zero-order valence-electron chi connectivity index (χ0n) is 16.3. The van der Waals surface area contributed by atoms with Crippen molar-refractivity contribution in [2.75, 3.05) is 49.6 Å². The fraction of sp³-hybridized carbons (Fsp3) is 0.353. The molecule has 3 N–H and O–H groups in total. The molecule has 1 saturated heterocycles. The summed E-state index contributed by atoms with van der Waals surface area (Å²) in [5.74, 6) is 0.677. The summed E-state index contributed by atoms with van der Waals surface area (Å²) in [4.78, 5) is 10.4. The number of anilines is 2. The van der Waals surface area contributed by atoms with Crippen LogP contribution in [-0.2, 0) is 14.8 Å². The molecule has 1 aliphatic rings. The summed E-state index contributed by atoms with van der Waals surface area (Å²) in [6.07, 6.45) is 1.45. The van der Waals surface area contributed by atoms with Gasteiger partial charge in [0.1, 0.15) is 23.8 Å². The van der Waals surface area contributed by atoms with E-state index >= 15 is 0 Å². The molecular formula is C17H20FN9O3S. The average Bonchev–Trinajstić information content (AvgIpc) is 3.32. The van der Waals surface area contributed by atoms with Crippen LogP contribution in [0.5, 0.6) is 0 Å². The van der Waals surface area contributed by atoms with Gasteiger partial charge in [-0.15, -0.1) is 10.2 Å². The molecule has 1 aliphatic heterocycles. The topological polar surface area (TPSA) is 151 Å². The van der Waals surface area contributed by atoms with E-state index in [0.717, 1.165) is 31.0 Å². The van der Waals surface area contributed by atoms with Gasteiger partial charge >= 0.3 is 0 Å². The second-order valence-electron chi connectivity index (χ2n) is 6.56. The average molecular weight is 449 g/mol. The number of morpholine rings is 1. The van der Waals surface area contributed by atoms with Gasteiger partial charge < -0.3 is 15.0 Å². The fourth-order valence-corrected chi connectivity index (χ4v) is 4.04. The molecule has 1 fully saturated rings. The third-order valence-electron chi connectivity index (χ3n) is 4.55. The van der Waals surface area contributed by atoms with Gasteiger partial charge in [0.25, 0.3) is 0 Å². The number of H-pyrrole nitrogens is 1. The lowest BCUT2D eigenvalue weighted by Gasteiger charge is -2.27. The van der Waals surface area contributed by atoms with Crippen LogP contribution in [0.4, 0.5) is 16.0 Å². The number of nitrogens with one attached hydrogen (secondary N) is 3. The van der Waals surface area contributed by atoms with Crippen molar-refractivity contribution >= 4 is 21.7 Å². The van der Waals surface area contributed by atoms with Crippen molar-refractivity contribution in [3.63, 3.8) is 0 Å². The summed E-state index contributed by atoms with van der Waals surface area (Å²) in [5, 5.41) is 16.0. The number of hydrogen-bond donors (Lipinski definition) is 3. The Balaban J connectivity index is 1.35. The van der Waals surface area contributed by atoms with Crippen molar-refractivity contribution in [1.29, 1.82) is 0 Å². The molecule has 164 valence electrons. The molecule has 0 atom stereocenters. The van der Waals surface area contributed by atoms with Crippen LogP contribution in [0.15, 0.2) is 35.5 Å². The van der Waals surface area contributed by atoms with Crippen molar-refractivity contribution in [2.45, 2.75) is 4.90 Å². The van der Waals surface area contributed by atoms with E-state index in [1.165, 1.54) is 12.4 Å². The Bertz CT molecular complexity index is 1120. The van der Waals surface area contributed by atoms with E-state index in [4.69, 9.17) is 4.74 Å². The third kappa shape index (κ3) is 5.10. The first-order chi connectivity index (χ1) is 15.0. The molecular weight excluding hydrogens is 429 g/mol. The highest BCUT2D eigenvalue weighted by molar-refractivity contribution is 7.89. The quantitative estimate of drug-likeness (QED) is 0.402. The van der Waals surface area contributed by atoms with E-state index in [0.29, 0.717) is 19.0 Å². The third-order valence-corrected chi connectivity index (χ3v) is 6.00. The van der Waals surface area contributed by atoms with Crippen molar-refractivity contribution < 1.29 is 17.5 Å². The Morgan fingerprint density at radius 3 is 2.77 bits per heavy atom. The molecule has 0 saturated carbocycles. The highest BCUT2D eigenvalue weighted by atomic mass is 32.2. The van der Waals surface area contributed by atoms with Crippen LogP contribution in [-0.4, -0.2) is 78.4 Å². The second kappa shape index (κ2) is 9.28. The molecule has 2 aromatic heterocycles. The Morgan fingerprint density at radius 2 is 2.00 bits per heavy atom. The molecule has 1 aromatic carbocycles. The summed E-state index contributed by atoms with van der Waals surface area (Å²) >= 11 is 0. The summed E-state index contributed by atoms with van der Waals surface area (Å²) < 4.78 is 47.0. The van der Waals surface area contributed by atoms with Gasteiger partial charge in [0.15, 0.2) is 0 Å². The number of rotatable bonds is 8. The van der Waals surface area contributed by atoms with E-state index in [9.17, 15) is 12.8 Å². The van der Waals surface area contributed by atoms with Crippen LogP contribution in [0.25, 0.3) is 11.4 Å². The zero-order valence-corrected chi connectivity index (χ0v) is 17.1. The van der Waals surface area contributed by atoms with Crippen molar-refractivity contribution in [1.82, 2.24) is 35.3 Å². The first-order valence-corrected chi connectivity index (χ1v) is 10.9. The van der Waals surface area contributed by atoms with Crippen molar-refractivity contribution in [3.05, 3.63) is 36.4 Å². The van der Waals surface area contributed by atoms with Crippen LogP contribution in [0.2, 0.25) is 0 Å². The molecule has 0 radical (unpaired) electrons. The lowest BCUT2D eigenvalue weighted by molar-refractivity contribution is 0.122. The molecule has 0 spiro atoms. The lowest BCUT2D eigenvalue weighted by Crippen LogP contribution is -2.36. The van der Waals surface area contributed by atoms with Crippen LogP contribution in [0.3, 0.4) is 0 Å². The number of aromatic nitrogens is 6. The highest BCUT2D eigenvalue weighted by Gasteiger charge is 2.18. The first kappa shape index (κ1) is 21.0. The smallest absolute Gasteiger partial charge is 0.240 e. The molecule has 0 bridgehead atoms. The van der Waals surface area contributed by atoms with Gasteiger partial charge in [-0.3, -0.25) is 0 Å². The predicted octanol–water partition coefficient (Wildman–Crippen LogP) is 0.0228. The number of benzene rings is 1. The monoisotopic (exact) mass is 449 g/mol. The van der Waals surface area contributed by atoms with Crippen molar-refractivity contribution in [3.8, 4) is 11.4 Å². The molecule has 3 heterocycles. The van der Waals surface area contributed by atoms with Crippen LogP contribution >= 0.6 is 0 Å². The summed E-state index contributed by atoms with van der Waals surface area (Å²) in [5.41, 5.74) is -0.0635. The molecule has 0 aliphatic carbocycles. The van der Waals surface area contributed by atoms with Gasteiger partial charge in [-0.2, -0.15) is 5.21 Å². The molecule has 0 unspecified atom stereocenters. The van der Waals surface area contributed by atoms with Gasteiger partial charge in [-0.05, 0) is 23.4 Å². The summed E-state index contributed by atoms with van der Waals surface area (Å²) in [6, 6.07) is 5.19. The number of hydrogen-bond acceptors (Lipinski definition) is 10. The Hall–Kier alpha value is -3.23. The summed E-state index contributed by atoms with van der Waals surface area (Å²) in [7, 11) is -3.87. The largest absolute Gasteiger partial charge is 0.378 e.